The average Bonchev–Trinajstić information content (AvgIpc) is 2.95. The van der Waals surface area contributed by atoms with E-state index in [9.17, 15) is 19.7 Å². The number of benzene rings is 3. The third-order valence-corrected chi connectivity index (χ3v) is 7.22. The average molecular weight is 525 g/mol. The number of Topliss-reactive ketones (excluding diaryl/α,β-unsaturated/α-hetero) is 1. The fourth-order valence-electron chi connectivity index (χ4n) is 5.40. The number of hydrogen-bond donors (Lipinski definition) is 0. The van der Waals surface area contributed by atoms with Crippen LogP contribution in [0.3, 0.4) is 0 Å². The Balaban J connectivity index is 1.43. The summed E-state index contributed by atoms with van der Waals surface area (Å²) in [6.07, 6.45) is 0.867. The number of rotatable bonds is 8. The number of carbonyl (C=O) groups is 2. The maximum Gasteiger partial charge on any atom is 0.315 e. The number of ketones is 1. The van der Waals surface area contributed by atoms with E-state index >= 15 is 0 Å². The number of carbonyl (C=O) groups excluding carboxylic acids is 2. The summed E-state index contributed by atoms with van der Waals surface area (Å²) < 4.78 is 11.2. The van der Waals surface area contributed by atoms with Gasteiger partial charge in [0.15, 0.2) is 5.78 Å². The van der Waals surface area contributed by atoms with E-state index in [1.54, 1.807) is 19.1 Å². The van der Waals surface area contributed by atoms with Crippen LogP contribution in [0.1, 0.15) is 42.7 Å². The van der Waals surface area contributed by atoms with Crippen molar-refractivity contribution in [2.75, 3.05) is 13.2 Å². The Hall–Kier alpha value is -4.59. The van der Waals surface area contributed by atoms with Crippen molar-refractivity contribution in [3.8, 4) is 5.75 Å². The van der Waals surface area contributed by atoms with Crippen LogP contribution in [0, 0.1) is 16.0 Å². The topological polar surface area (TPSA) is 108 Å². The van der Waals surface area contributed by atoms with Gasteiger partial charge in [-0.15, -0.1) is 0 Å². The maximum atomic E-state index is 13.7. The Bertz CT molecular complexity index is 1430. The first-order valence-electron chi connectivity index (χ1n) is 12.9. The van der Waals surface area contributed by atoms with E-state index in [0.717, 1.165) is 5.56 Å². The molecule has 3 aromatic carbocycles. The second-order valence-corrected chi connectivity index (χ2v) is 9.69. The molecule has 0 radical (unpaired) electrons. The lowest BCUT2D eigenvalue weighted by Gasteiger charge is -2.36. The number of esters is 1. The molecule has 2 aliphatic rings. The van der Waals surface area contributed by atoms with Gasteiger partial charge in [-0.05, 0) is 42.5 Å². The summed E-state index contributed by atoms with van der Waals surface area (Å²) >= 11 is 0. The number of nitro groups is 1. The van der Waals surface area contributed by atoms with Crippen LogP contribution in [0.25, 0.3) is 0 Å². The fourth-order valence-corrected chi connectivity index (χ4v) is 5.40. The SMILES string of the molecule is CC1=NC2=C(C(=O)C[C@H](c3ccccc3)C2)[C@@H](c2ccc([N+](=O)[O-])cc2)C1C(=O)OCCOc1ccccc1. The molecule has 5 rings (SSSR count). The molecule has 39 heavy (non-hydrogen) atoms. The first-order valence-corrected chi connectivity index (χ1v) is 12.9. The number of hydrogen-bond acceptors (Lipinski definition) is 7. The van der Waals surface area contributed by atoms with Crippen molar-refractivity contribution in [1.82, 2.24) is 0 Å². The third-order valence-electron chi connectivity index (χ3n) is 7.22. The van der Waals surface area contributed by atoms with E-state index in [0.29, 0.717) is 41.1 Å². The van der Waals surface area contributed by atoms with Crippen LogP contribution < -0.4 is 4.74 Å². The molecular formula is C31H28N2O6. The van der Waals surface area contributed by atoms with Gasteiger partial charge in [-0.3, -0.25) is 24.7 Å². The van der Waals surface area contributed by atoms with Crippen LogP contribution in [0.5, 0.6) is 5.75 Å². The van der Waals surface area contributed by atoms with Gasteiger partial charge in [0.2, 0.25) is 0 Å². The van der Waals surface area contributed by atoms with Crippen LogP contribution in [0.4, 0.5) is 5.69 Å². The molecular weight excluding hydrogens is 496 g/mol. The van der Waals surface area contributed by atoms with Crippen molar-refractivity contribution in [2.45, 2.75) is 31.6 Å². The predicted molar refractivity (Wildman–Crippen MR) is 146 cm³/mol. The van der Waals surface area contributed by atoms with Gasteiger partial charge >= 0.3 is 5.97 Å². The number of non-ortho nitro benzene ring substituents is 1. The summed E-state index contributed by atoms with van der Waals surface area (Å²) in [6, 6.07) is 25.1. The van der Waals surface area contributed by atoms with Gasteiger partial charge in [-0.25, -0.2) is 0 Å². The van der Waals surface area contributed by atoms with Crippen LogP contribution in [0.2, 0.25) is 0 Å². The van der Waals surface area contributed by atoms with Crippen molar-refractivity contribution >= 4 is 23.2 Å². The monoisotopic (exact) mass is 524 g/mol. The van der Waals surface area contributed by atoms with E-state index in [-0.39, 0.29) is 30.6 Å². The van der Waals surface area contributed by atoms with E-state index < -0.39 is 22.7 Å². The highest BCUT2D eigenvalue weighted by Crippen LogP contribution is 2.47. The molecule has 0 bridgehead atoms. The second-order valence-electron chi connectivity index (χ2n) is 9.69. The van der Waals surface area contributed by atoms with Crippen LogP contribution in [-0.4, -0.2) is 35.6 Å². The summed E-state index contributed by atoms with van der Waals surface area (Å²) in [5.41, 5.74) is 3.34. The molecule has 0 saturated heterocycles. The summed E-state index contributed by atoms with van der Waals surface area (Å²) in [5, 5.41) is 11.3. The van der Waals surface area contributed by atoms with Crippen molar-refractivity contribution in [3.63, 3.8) is 0 Å². The van der Waals surface area contributed by atoms with E-state index in [1.807, 2.05) is 60.7 Å². The standard InChI is InChI=1S/C31H28N2O6/c1-20-28(31(35)39-17-16-38-25-10-6-3-7-11-25)29(22-12-14-24(15-13-22)33(36)37)30-26(32-20)18-23(19-27(30)34)21-8-4-2-5-9-21/h2-15,23,28-29H,16-19H2,1H3/t23-,28?,29+/m1/s1. The highest BCUT2D eigenvalue weighted by Gasteiger charge is 2.44. The van der Waals surface area contributed by atoms with E-state index in [1.165, 1.54) is 12.1 Å². The third kappa shape index (κ3) is 5.65. The molecule has 3 atom stereocenters. The first-order chi connectivity index (χ1) is 18.9. The molecule has 8 heteroatoms. The quantitative estimate of drug-likeness (QED) is 0.160. The summed E-state index contributed by atoms with van der Waals surface area (Å²) in [4.78, 5) is 42.6. The number of para-hydroxylation sites is 1. The molecule has 0 aromatic heterocycles. The van der Waals surface area contributed by atoms with E-state index in [2.05, 4.69) is 0 Å². The summed E-state index contributed by atoms with van der Waals surface area (Å²) in [6.45, 7) is 1.97. The molecule has 8 nitrogen and oxygen atoms in total. The predicted octanol–water partition coefficient (Wildman–Crippen LogP) is 5.79. The number of nitro benzene ring substituents is 1. The maximum absolute atomic E-state index is 13.7. The molecule has 1 heterocycles. The van der Waals surface area contributed by atoms with Crippen LogP contribution in [0.15, 0.2) is 101 Å². The Labute approximate surface area is 226 Å². The molecule has 1 aliphatic heterocycles. The van der Waals surface area contributed by atoms with Gasteiger partial charge in [-0.2, -0.15) is 0 Å². The molecule has 198 valence electrons. The van der Waals surface area contributed by atoms with Gasteiger partial charge in [0, 0.05) is 41.5 Å². The van der Waals surface area contributed by atoms with Gasteiger partial charge in [-0.1, -0.05) is 60.7 Å². The Morgan fingerprint density at radius 2 is 1.59 bits per heavy atom. The highest BCUT2D eigenvalue weighted by molar-refractivity contribution is 6.09. The second kappa shape index (κ2) is 11.4. The lowest BCUT2D eigenvalue weighted by Crippen LogP contribution is -2.38. The molecule has 0 amide bonds. The molecule has 0 N–H and O–H groups in total. The first kappa shape index (κ1) is 26.0. The molecule has 3 aromatic rings. The Morgan fingerprint density at radius 3 is 2.26 bits per heavy atom. The molecule has 0 saturated carbocycles. The van der Waals surface area contributed by atoms with Crippen molar-refractivity contribution < 1.29 is 24.0 Å². The molecule has 1 unspecified atom stereocenters. The van der Waals surface area contributed by atoms with Crippen LogP contribution >= 0.6 is 0 Å². The largest absolute Gasteiger partial charge is 0.490 e. The number of nitrogens with zero attached hydrogens (tertiary/aromatic N) is 2. The molecule has 0 fully saturated rings. The number of ether oxygens (including phenoxy) is 2. The van der Waals surface area contributed by atoms with Crippen molar-refractivity contribution in [3.05, 3.63) is 117 Å². The van der Waals surface area contributed by atoms with Gasteiger partial charge < -0.3 is 9.47 Å². The van der Waals surface area contributed by atoms with E-state index in [4.69, 9.17) is 14.5 Å². The highest BCUT2D eigenvalue weighted by atomic mass is 16.6. The minimum atomic E-state index is -0.834. The van der Waals surface area contributed by atoms with Gasteiger partial charge in [0.25, 0.3) is 5.69 Å². The van der Waals surface area contributed by atoms with Crippen molar-refractivity contribution in [2.24, 2.45) is 10.9 Å². The Kier molecular flexibility index (Phi) is 7.63. The lowest BCUT2D eigenvalue weighted by atomic mass is 9.69. The lowest BCUT2D eigenvalue weighted by molar-refractivity contribution is -0.384. The van der Waals surface area contributed by atoms with Crippen molar-refractivity contribution in [1.29, 1.82) is 0 Å². The van der Waals surface area contributed by atoms with Gasteiger partial charge in [0.05, 0.1) is 4.92 Å². The zero-order valence-electron chi connectivity index (χ0n) is 21.5. The molecule has 1 aliphatic carbocycles. The minimum absolute atomic E-state index is 0.00912. The Morgan fingerprint density at radius 1 is 0.923 bits per heavy atom. The smallest absolute Gasteiger partial charge is 0.315 e. The zero-order valence-corrected chi connectivity index (χ0v) is 21.5. The number of allylic oxidation sites excluding steroid dienone is 2. The minimum Gasteiger partial charge on any atom is -0.490 e. The number of aliphatic imine (C=N–C) groups is 1. The molecule has 0 spiro atoms. The van der Waals surface area contributed by atoms with Crippen LogP contribution in [-0.2, 0) is 14.3 Å². The normalized spacial score (nSPS) is 20.6. The summed E-state index contributed by atoms with van der Waals surface area (Å²) in [5.74, 6) is -1.41. The zero-order chi connectivity index (χ0) is 27.4. The summed E-state index contributed by atoms with van der Waals surface area (Å²) in [7, 11) is 0. The fraction of sp³-hybridized carbons (Fsp3) is 0.258. The van der Waals surface area contributed by atoms with Gasteiger partial charge in [0.1, 0.15) is 24.9 Å².